The maximum atomic E-state index is 14.6. The topological polar surface area (TPSA) is 145 Å². The number of amides is 1. The van der Waals surface area contributed by atoms with Gasteiger partial charge in [0.25, 0.3) is 5.91 Å². The van der Waals surface area contributed by atoms with Gasteiger partial charge in [-0.25, -0.2) is 18.8 Å². The van der Waals surface area contributed by atoms with Crippen molar-refractivity contribution in [2.24, 2.45) is 4.99 Å². The van der Waals surface area contributed by atoms with Gasteiger partial charge in [-0.05, 0) is 77.2 Å². The fourth-order valence-corrected chi connectivity index (χ4v) is 7.77. The summed E-state index contributed by atoms with van der Waals surface area (Å²) in [6.07, 6.45) is -0.122. The monoisotopic (exact) mass is 763 g/mol. The largest absolute Gasteiger partial charge is 0.494 e. The first kappa shape index (κ1) is 39.0. The van der Waals surface area contributed by atoms with Crippen LogP contribution in [0.3, 0.4) is 0 Å². The minimum absolute atomic E-state index is 0.0195. The smallest absolute Gasteiger partial charge is 0.266 e. The van der Waals surface area contributed by atoms with Gasteiger partial charge in [0, 0.05) is 31.6 Å². The second-order valence-corrected chi connectivity index (χ2v) is 15.1. The second-order valence-electron chi connectivity index (χ2n) is 13.0. The van der Waals surface area contributed by atoms with Crippen LogP contribution in [-0.4, -0.2) is 70.6 Å². The molecule has 12 heteroatoms. The lowest BCUT2D eigenvalue weighted by atomic mass is 9.84. The van der Waals surface area contributed by atoms with Gasteiger partial charge in [-0.3, -0.25) is 10.2 Å². The summed E-state index contributed by atoms with van der Waals surface area (Å²) in [5.41, 5.74) is 8.37. The highest BCUT2D eigenvalue weighted by molar-refractivity contribution is 7.91. The molecule has 1 aliphatic rings. The van der Waals surface area contributed by atoms with E-state index >= 15 is 0 Å². The van der Waals surface area contributed by atoms with E-state index in [-0.39, 0.29) is 29.6 Å². The molecule has 5 aromatic carbocycles. The number of nitrogens with zero attached hydrogens (tertiary/aromatic N) is 1. The van der Waals surface area contributed by atoms with Crippen LogP contribution in [0.1, 0.15) is 35.6 Å². The van der Waals surface area contributed by atoms with E-state index in [1.165, 1.54) is 0 Å². The number of hydrogen-bond donors (Lipinski definition) is 3. The second kappa shape index (κ2) is 18.1. The molecule has 0 spiro atoms. The third-order valence-corrected chi connectivity index (χ3v) is 11.1. The Morgan fingerprint density at radius 2 is 1.47 bits per heavy atom. The SMILES string of the molecule is COc1ccc(CCNNC(=O)[C@@]2(CCS(=O)(=O)c3ccccc3)N=C(c3ccc(OCCCO)cc3)O[C@H]2c2ccc(-c3ccccc3)cc2)cc1OC. The molecule has 0 saturated heterocycles. The number of benzene rings is 5. The molecule has 0 saturated carbocycles. The molecule has 11 nitrogen and oxygen atoms in total. The molecule has 0 unspecified atom stereocenters. The maximum absolute atomic E-state index is 14.6. The molecule has 5 aromatic rings. The van der Waals surface area contributed by atoms with Crippen LogP contribution in [0.25, 0.3) is 11.1 Å². The normalized spacial score (nSPS) is 16.5. The molecule has 0 bridgehead atoms. The molecule has 0 aliphatic carbocycles. The molecule has 1 aliphatic heterocycles. The van der Waals surface area contributed by atoms with Gasteiger partial charge in [0.2, 0.25) is 5.90 Å². The van der Waals surface area contributed by atoms with E-state index < -0.39 is 27.4 Å². The van der Waals surface area contributed by atoms with Crippen LogP contribution in [0, 0.1) is 0 Å². The molecule has 1 heterocycles. The Balaban J connectivity index is 1.34. The molecule has 0 aromatic heterocycles. The van der Waals surface area contributed by atoms with Crippen LogP contribution in [0.15, 0.2) is 137 Å². The third-order valence-electron chi connectivity index (χ3n) is 9.39. The number of nitrogens with one attached hydrogen (secondary N) is 2. The fraction of sp³-hybridized carbons (Fsp3) is 0.256. The van der Waals surface area contributed by atoms with E-state index in [9.17, 15) is 13.2 Å². The summed E-state index contributed by atoms with van der Waals surface area (Å²) < 4.78 is 50.6. The third kappa shape index (κ3) is 9.34. The van der Waals surface area contributed by atoms with Gasteiger partial charge in [0.15, 0.2) is 33.0 Å². The number of carbonyl (C=O) groups is 1. The number of carbonyl (C=O) groups excluding carboxylic acids is 1. The Hall–Kier alpha value is -5.69. The quantitative estimate of drug-likeness (QED) is 0.0711. The van der Waals surface area contributed by atoms with Crippen LogP contribution < -0.4 is 25.1 Å². The molecule has 1 amide bonds. The highest BCUT2D eigenvalue weighted by Gasteiger charge is 2.53. The van der Waals surface area contributed by atoms with Gasteiger partial charge < -0.3 is 24.1 Å². The number of ether oxygens (including phenoxy) is 4. The van der Waals surface area contributed by atoms with Crippen LogP contribution in [0.5, 0.6) is 17.2 Å². The standard InChI is InChI=1S/C43H45N3O8S/c1-51-38-23-14-31(30-39(38)52-2)24-26-44-46-42(48)43(25-29-55(49,50)37-12-7-4-8-13-37)40(34-17-15-33(16-18-34)32-10-5-3-6-11-32)54-41(45-43)35-19-21-36(22-20-35)53-28-9-27-47/h3-8,10-23,30,40,44,47H,9,24-29H2,1-2H3,(H,46,48)/t40-,43-/m0/s1. The molecular formula is C43H45N3O8S. The summed E-state index contributed by atoms with van der Waals surface area (Å²) >= 11 is 0. The Morgan fingerprint density at radius 1 is 0.818 bits per heavy atom. The van der Waals surface area contributed by atoms with E-state index in [1.54, 1.807) is 68.8 Å². The Morgan fingerprint density at radius 3 is 2.15 bits per heavy atom. The van der Waals surface area contributed by atoms with Crippen molar-refractivity contribution in [3.05, 3.63) is 144 Å². The lowest BCUT2D eigenvalue weighted by Crippen LogP contribution is -2.53. The van der Waals surface area contributed by atoms with Crippen molar-refractivity contribution in [1.82, 2.24) is 10.9 Å². The lowest BCUT2D eigenvalue weighted by Gasteiger charge is -2.30. The summed E-state index contributed by atoms with van der Waals surface area (Å²) in [6, 6.07) is 38.5. The maximum Gasteiger partial charge on any atom is 0.266 e. The summed E-state index contributed by atoms with van der Waals surface area (Å²) in [4.78, 5) is 19.8. The number of aliphatic hydroxyl groups is 1. The molecule has 6 rings (SSSR count). The fourth-order valence-electron chi connectivity index (χ4n) is 6.38. The minimum Gasteiger partial charge on any atom is -0.494 e. The molecule has 286 valence electrons. The van der Waals surface area contributed by atoms with Gasteiger partial charge >= 0.3 is 0 Å². The predicted molar refractivity (Wildman–Crippen MR) is 211 cm³/mol. The first-order chi connectivity index (χ1) is 26.8. The van der Waals surface area contributed by atoms with E-state index in [2.05, 4.69) is 10.9 Å². The van der Waals surface area contributed by atoms with Crippen LogP contribution in [-0.2, 0) is 25.8 Å². The number of hydrazine groups is 1. The number of methoxy groups -OCH3 is 2. The van der Waals surface area contributed by atoms with Crippen LogP contribution >= 0.6 is 0 Å². The molecular weight excluding hydrogens is 719 g/mol. The lowest BCUT2D eigenvalue weighted by molar-refractivity contribution is -0.130. The van der Waals surface area contributed by atoms with Gasteiger partial charge in [-0.2, -0.15) is 0 Å². The first-order valence-electron chi connectivity index (χ1n) is 18.0. The van der Waals surface area contributed by atoms with Crippen molar-refractivity contribution in [2.45, 2.75) is 35.8 Å². The van der Waals surface area contributed by atoms with Crippen molar-refractivity contribution >= 4 is 21.6 Å². The average Bonchev–Trinajstić information content (AvgIpc) is 3.63. The number of aliphatic imine (C=N–C) groups is 1. The highest BCUT2D eigenvalue weighted by atomic mass is 32.2. The van der Waals surface area contributed by atoms with Crippen molar-refractivity contribution in [3.63, 3.8) is 0 Å². The summed E-state index contributed by atoms with van der Waals surface area (Å²) in [5.74, 6) is 1.09. The van der Waals surface area contributed by atoms with Crippen molar-refractivity contribution in [3.8, 4) is 28.4 Å². The Bertz CT molecular complexity index is 2160. The molecule has 0 fully saturated rings. The molecule has 2 atom stereocenters. The highest BCUT2D eigenvalue weighted by Crippen LogP contribution is 2.43. The van der Waals surface area contributed by atoms with Gasteiger partial charge in [-0.15, -0.1) is 0 Å². The summed E-state index contributed by atoms with van der Waals surface area (Å²) in [5, 5.41) is 9.14. The van der Waals surface area contributed by atoms with Gasteiger partial charge in [0.05, 0.1) is 31.5 Å². The summed E-state index contributed by atoms with van der Waals surface area (Å²) in [7, 11) is -0.674. The van der Waals surface area contributed by atoms with E-state index in [4.69, 9.17) is 29.0 Å². The molecule has 0 radical (unpaired) electrons. The average molecular weight is 764 g/mol. The Kier molecular flexibility index (Phi) is 12.8. The predicted octanol–water partition coefficient (Wildman–Crippen LogP) is 6.12. The summed E-state index contributed by atoms with van der Waals surface area (Å²) in [6.45, 7) is 0.726. The van der Waals surface area contributed by atoms with E-state index in [0.717, 1.165) is 16.7 Å². The minimum atomic E-state index is -3.82. The number of rotatable bonds is 18. The number of hydrogen-bond acceptors (Lipinski definition) is 10. The van der Waals surface area contributed by atoms with Gasteiger partial charge in [0.1, 0.15) is 5.75 Å². The number of sulfone groups is 1. The van der Waals surface area contributed by atoms with Crippen LogP contribution in [0.2, 0.25) is 0 Å². The van der Waals surface area contributed by atoms with Crippen molar-refractivity contribution < 1.29 is 37.3 Å². The van der Waals surface area contributed by atoms with Crippen molar-refractivity contribution in [2.75, 3.05) is 39.7 Å². The Labute approximate surface area is 321 Å². The van der Waals surface area contributed by atoms with E-state index in [1.807, 2.05) is 72.8 Å². The molecule has 55 heavy (non-hydrogen) atoms. The van der Waals surface area contributed by atoms with E-state index in [0.29, 0.717) is 54.4 Å². The molecule has 3 N–H and O–H groups in total. The zero-order chi connectivity index (χ0) is 38.7. The first-order valence-corrected chi connectivity index (χ1v) is 19.7. The van der Waals surface area contributed by atoms with Gasteiger partial charge in [-0.1, -0.05) is 78.9 Å². The zero-order valence-corrected chi connectivity index (χ0v) is 31.6. The zero-order valence-electron chi connectivity index (χ0n) is 30.8. The van der Waals surface area contributed by atoms with Crippen molar-refractivity contribution in [1.29, 1.82) is 0 Å². The number of aliphatic hydroxyl groups excluding tert-OH is 1. The van der Waals surface area contributed by atoms with Crippen LogP contribution in [0.4, 0.5) is 0 Å².